The van der Waals surface area contributed by atoms with Crippen LogP contribution in [0.4, 0.5) is 0 Å². The number of hydrazine groups is 1. The summed E-state index contributed by atoms with van der Waals surface area (Å²) in [5.74, 6) is -0.319. The third kappa shape index (κ3) is 6.19. The number of nitrogens with one attached hydrogen (secondary N) is 2. The predicted octanol–water partition coefficient (Wildman–Crippen LogP) is 2.35. The maximum Gasteiger partial charge on any atom is 0.305 e. The van der Waals surface area contributed by atoms with Gasteiger partial charge in [0, 0.05) is 12.7 Å². The van der Waals surface area contributed by atoms with Crippen LogP contribution in [0, 0.1) is 0 Å². The zero-order chi connectivity index (χ0) is 23.0. The highest BCUT2D eigenvalue weighted by Crippen LogP contribution is 2.14. The van der Waals surface area contributed by atoms with E-state index in [0.717, 1.165) is 0 Å². The molecule has 0 radical (unpaired) electrons. The van der Waals surface area contributed by atoms with E-state index in [1.807, 2.05) is 18.2 Å². The molecule has 32 heavy (non-hydrogen) atoms. The van der Waals surface area contributed by atoms with Crippen LogP contribution in [0.2, 0.25) is 0 Å². The Balaban J connectivity index is 1.51. The lowest BCUT2D eigenvalue weighted by molar-refractivity contribution is 0.0828. The van der Waals surface area contributed by atoms with Crippen molar-refractivity contribution in [2.45, 2.75) is 11.5 Å². The standard InChI is InChI=1S/C22H22N2O7S/c1-29-13-14-32(27,28)19-10-7-16(8-11-19)21(25)23-24-22(26)20-12-9-18(31-20)15-30-17-5-3-2-4-6-17/h2-12H,13-15H2,1H3,(H,23,25)(H,24,26). The number of sulfone groups is 1. The van der Waals surface area contributed by atoms with Crippen molar-refractivity contribution in [3.63, 3.8) is 0 Å². The van der Waals surface area contributed by atoms with Crippen LogP contribution in [0.1, 0.15) is 26.7 Å². The number of rotatable bonds is 9. The molecule has 0 unspecified atom stereocenters. The first-order valence-electron chi connectivity index (χ1n) is 9.58. The van der Waals surface area contributed by atoms with Crippen molar-refractivity contribution in [1.29, 1.82) is 0 Å². The highest BCUT2D eigenvalue weighted by molar-refractivity contribution is 7.91. The third-order valence-electron chi connectivity index (χ3n) is 4.33. The first-order chi connectivity index (χ1) is 15.4. The second-order valence-corrected chi connectivity index (χ2v) is 8.72. The SMILES string of the molecule is COCCS(=O)(=O)c1ccc(C(=O)NNC(=O)c2ccc(COc3ccccc3)o2)cc1. The Morgan fingerprint density at radius 3 is 2.28 bits per heavy atom. The molecule has 0 aliphatic heterocycles. The van der Waals surface area contributed by atoms with E-state index in [-0.39, 0.29) is 35.2 Å². The summed E-state index contributed by atoms with van der Waals surface area (Å²) in [7, 11) is -2.08. The minimum atomic E-state index is -3.50. The number of hydrogen-bond acceptors (Lipinski definition) is 7. The average Bonchev–Trinajstić information content (AvgIpc) is 3.30. The smallest absolute Gasteiger partial charge is 0.305 e. The molecule has 0 atom stereocenters. The van der Waals surface area contributed by atoms with Gasteiger partial charge < -0.3 is 13.9 Å². The zero-order valence-corrected chi connectivity index (χ0v) is 18.1. The Labute approximate surface area is 185 Å². The van der Waals surface area contributed by atoms with Crippen molar-refractivity contribution >= 4 is 21.7 Å². The molecule has 0 aliphatic carbocycles. The molecule has 0 saturated heterocycles. The van der Waals surface area contributed by atoms with Crippen LogP contribution >= 0.6 is 0 Å². The average molecular weight is 458 g/mol. The topological polar surface area (TPSA) is 124 Å². The molecule has 2 aromatic carbocycles. The molecule has 0 spiro atoms. The summed E-state index contributed by atoms with van der Waals surface area (Å²) in [5.41, 5.74) is 4.68. The van der Waals surface area contributed by atoms with Gasteiger partial charge in [-0.1, -0.05) is 18.2 Å². The van der Waals surface area contributed by atoms with Crippen LogP contribution < -0.4 is 15.6 Å². The molecule has 0 aliphatic rings. The van der Waals surface area contributed by atoms with Gasteiger partial charge in [-0.2, -0.15) is 0 Å². The number of methoxy groups -OCH3 is 1. The Morgan fingerprint density at radius 2 is 1.59 bits per heavy atom. The van der Waals surface area contributed by atoms with Gasteiger partial charge in [0.15, 0.2) is 15.6 Å². The normalized spacial score (nSPS) is 11.0. The van der Waals surface area contributed by atoms with E-state index in [2.05, 4.69) is 10.9 Å². The number of ether oxygens (including phenoxy) is 2. The summed E-state index contributed by atoms with van der Waals surface area (Å²) >= 11 is 0. The van der Waals surface area contributed by atoms with E-state index in [4.69, 9.17) is 13.9 Å². The van der Waals surface area contributed by atoms with Crippen LogP contribution in [0.3, 0.4) is 0 Å². The van der Waals surface area contributed by atoms with E-state index >= 15 is 0 Å². The van der Waals surface area contributed by atoms with Crippen LogP contribution in [-0.4, -0.2) is 39.7 Å². The first-order valence-corrected chi connectivity index (χ1v) is 11.2. The number of furan rings is 1. The Morgan fingerprint density at radius 1 is 0.906 bits per heavy atom. The molecular formula is C22H22N2O7S. The van der Waals surface area contributed by atoms with Gasteiger partial charge in [0.05, 0.1) is 17.3 Å². The molecule has 2 amide bonds. The summed E-state index contributed by atoms with van der Waals surface area (Å²) in [6.07, 6.45) is 0. The van der Waals surface area contributed by atoms with E-state index in [1.165, 1.54) is 37.4 Å². The van der Waals surface area contributed by atoms with Crippen LogP contribution in [0.15, 0.2) is 76.0 Å². The lowest BCUT2D eigenvalue weighted by atomic mass is 10.2. The maximum atomic E-state index is 12.2. The van der Waals surface area contributed by atoms with Crippen molar-refractivity contribution in [3.8, 4) is 5.75 Å². The minimum absolute atomic E-state index is 0.00320. The number of carbonyl (C=O) groups excluding carboxylic acids is 2. The second kappa shape index (κ2) is 10.6. The summed E-state index contributed by atoms with van der Waals surface area (Å²) in [4.78, 5) is 24.5. The maximum absolute atomic E-state index is 12.2. The Bertz CT molecular complexity index is 1160. The van der Waals surface area contributed by atoms with Crippen molar-refractivity contribution in [2.24, 2.45) is 0 Å². The molecule has 0 fully saturated rings. The van der Waals surface area contributed by atoms with Crippen molar-refractivity contribution in [2.75, 3.05) is 19.5 Å². The highest BCUT2D eigenvalue weighted by Gasteiger charge is 2.16. The summed E-state index contributed by atoms with van der Waals surface area (Å²) in [5, 5.41) is 0. The molecule has 1 aromatic heterocycles. The molecule has 168 valence electrons. The van der Waals surface area contributed by atoms with E-state index < -0.39 is 21.7 Å². The van der Waals surface area contributed by atoms with E-state index in [1.54, 1.807) is 18.2 Å². The van der Waals surface area contributed by atoms with Crippen LogP contribution in [-0.2, 0) is 21.2 Å². The fourth-order valence-electron chi connectivity index (χ4n) is 2.62. The van der Waals surface area contributed by atoms with Crippen molar-refractivity contribution < 1.29 is 31.9 Å². The first kappa shape index (κ1) is 23.0. The van der Waals surface area contributed by atoms with Gasteiger partial charge in [-0.05, 0) is 48.5 Å². The quantitative estimate of drug-likeness (QED) is 0.472. The monoisotopic (exact) mass is 458 g/mol. The van der Waals surface area contributed by atoms with E-state index in [0.29, 0.717) is 11.5 Å². The molecule has 1 heterocycles. The number of para-hydroxylation sites is 1. The Kier molecular flexibility index (Phi) is 7.63. The molecule has 0 bridgehead atoms. The zero-order valence-electron chi connectivity index (χ0n) is 17.2. The fourth-order valence-corrected chi connectivity index (χ4v) is 3.79. The largest absolute Gasteiger partial charge is 0.486 e. The lowest BCUT2D eigenvalue weighted by Crippen LogP contribution is -2.41. The molecular weight excluding hydrogens is 436 g/mol. The summed E-state index contributed by atoms with van der Waals surface area (Å²) in [6, 6.07) is 17.6. The van der Waals surface area contributed by atoms with Gasteiger partial charge in [-0.3, -0.25) is 20.4 Å². The van der Waals surface area contributed by atoms with Crippen molar-refractivity contribution in [1.82, 2.24) is 10.9 Å². The Hall–Kier alpha value is -3.63. The molecule has 9 nitrogen and oxygen atoms in total. The number of amides is 2. The minimum Gasteiger partial charge on any atom is -0.486 e. The number of carbonyl (C=O) groups is 2. The predicted molar refractivity (Wildman–Crippen MR) is 115 cm³/mol. The second-order valence-electron chi connectivity index (χ2n) is 6.61. The molecule has 3 rings (SSSR count). The van der Waals surface area contributed by atoms with Crippen LogP contribution in [0.25, 0.3) is 0 Å². The molecule has 2 N–H and O–H groups in total. The fraction of sp³-hybridized carbons (Fsp3) is 0.182. The van der Waals surface area contributed by atoms with E-state index in [9.17, 15) is 18.0 Å². The number of benzene rings is 2. The molecule has 10 heteroatoms. The number of hydrogen-bond donors (Lipinski definition) is 2. The van der Waals surface area contributed by atoms with Gasteiger partial charge in [0.25, 0.3) is 5.91 Å². The van der Waals surface area contributed by atoms with Gasteiger partial charge >= 0.3 is 5.91 Å². The molecule has 3 aromatic rings. The lowest BCUT2D eigenvalue weighted by Gasteiger charge is -2.08. The highest BCUT2D eigenvalue weighted by atomic mass is 32.2. The van der Waals surface area contributed by atoms with Gasteiger partial charge in [-0.15, -0.1) is 0 Å². The van der Waals surface area contributed by atoms with Crippen LogP contribution in [0.5, 0.6) is 5.75 Å². The summed E-state index contributed by atoms with van der Waals surface area (Å²) < 4.78 is 40.0. The summed E-state index contributed by atoms with van der Waals surface area (Å²) in [6.45, 7) is 0.215. The van der Waals surface area contributed by atoms with Gasteiger partial charge in [-0.25, -0.2) is 8.42 Å². The molecule has 0 saturated carbocycles. The van der Waals surface area contributed by atoms with Crippen molar-refractivity contribution in [3.05, 3.63) is 83.8 Å². The van der Waals surface area contributed by atoms with Gasteiger partial charge in [0.2, 0.25) is 0 Å². The van der Waals surface area contributed by atoms with Gasteiger partial charge in [0.1, 0.15) is 18.1 Å². The third-order valence-corrected chi connectivity index (χ3v) is 6.03.